The van der Waals surface area contributed by atoms with E-state index in [0.29, 0.717) is 10.7 Å². The zero-order valence-electron chi connectivity index (χ0n) is 8.21. The second-order valence-corrected chi connectivity index (χ2v) is 3.72. The number of nitrogens with zero attached hydrogens (tertiary/aromatic N) is 4. The van der Waals surface area contributed by atoms with E-state index in [2.05, 4.69) is 15.1 Å². The maximum Gasteiger partial charge on any atom is 0.116 e. The standard InChI is InChI=1S/C11H7ClN4/c12-9-6-13-7-14-11(9)8-5-15-16-4-2-1-3-10(8)16/h1-7H. The molecule has 78 valence electrons. The molecule has 0 radical (unpaired) electrons. The first-order valence-corrected chi connectivity index (χ1v) is 5.12. The summed E-state index contributed by atoms with van der Waals surface area (Å²) in [5, 5.41) is 4.76. The number of pyridine rings is 1. The van der Waals surface area contributed by atoms with Gasteiger partial charge in [0.1, 0.15) is 6.33 Å². The molecule has 3 aromatic heterocycles. The fourth-order valence-corrected chi connectivity index (χ4v) is 1.83. The Balaban J connectivity index is 2.31. The summed E-state index contributed by atoms with van der Waals surface area (Å²) in [6, 6.07) is 5.85. The molecule has 0 atom stereocenters. The lowest BCUT2D eigenvalue weighted by Gasteiger charge is -1.99. The zero-order chi connectivity index (χ0) is 11.0. The molecule has 0 N–H and O–H groups in total. The summed E-state index contributed by atoms with van der Waals surface area (Å²) in [6.07, 6.45) is 6.70. The minimum absolute atomic E-state index is 0.529. The van der Waals surface area contributed by atoms with Crippen LogP contribution < -0.4 is 0 Å². The maximum atomic E-state index is 6.05. The molecular weight excluding hydrogens is 224 g/mol. The van der Waals surface area contributed by atoms with Crippen LogP contribution in [0.1, 0.15) is 0 Å². The van der Waals surface area contributed by atoms with E-state index < -0.39 is 0 Å². The van der Waals surface area contributed by atoms with Gasteiger partial charge in [-0.25, -0.2) is 14.5 Å². The first-order valence-electron chi connectivity index (χ1n) is 4.74. The molecule has 0 spiro atoms. The van der Waals surface area contributed by atoms with Crippen LogP contribution in [-0.4, -0.2) is 19.6 Å². The molecule has 0 aromatic carbocycles. The minimum atomic E-state index is 0.529. The molecule has 0 fully saturated rings. The lowest BCUT2D eigenvalue weighted by Crippen LogP contribution is -1.87. The zero-order valence-corrected chi connectivity index (χ0v) is 8.96. The molecule has 0 bridgehead atoms. The second kappa shape index (κ2) is 3.57. The second-order valence-electron chi connectivity index (χ2n) is 3.31. The van der Waals surface area contributed by atoms with E-state index in [1.54, 1.807) is 16.9 Å². The average Bonchev–Trinajstić information content (AvgIpc) is 2.74. The van der Waals surface area contributed by atoms with Gasteiger partial charge in [-0.15, -0.1) is 0 Å². The highest BCUT2D eigenvalue weighted by Gasteiger charge is 2.10. The SMILES string of the molecule is Clc1cncnc1-c1cnn2ccccc12. The van der Waals surface area contributed by atoms with Crippen LogP contribution in [0.3, 0.4) is 0 Å². The van der Waals surface area contributed by atoms with Gasteiger partial charge < -0.3 is 0 Å². The largest absolute Gasteiger partial charge is 0.243 e. The van der Waals surface area contributed by atoms with Gasteiger partial charge in [-0.1, -0.05) is 17.7 Å². The number of aromatic nitrogens is 4. The molecule has 0 aliphatic rings. The predicted molar refractivity (Wildman–Crippen MR) is 61.2 cm³/mol. The van der Waals surface area contributed by atoms with Gasteiger partial charge in [-0.3, -0.25) is 0 Å². The van der Waals surface area contributed by atoms with Crippen LogP contribution in [-0.2, 0) is 0 Å². The Morgan fingerprint density at radius 3 is 3.00 bits per heavy atom. The maximum absolute atomic E-state index is 6.05. The van der Waals surface area contributed by atoms with Crippen LogP contribution in [0.4, 0.5) is 0 Å². The lowest BCUT2D eigenvalue weighted by molar-refractivity contribution is 0.961. The smallest absolute Gasteiger partial charge is 0.116 e. The Kier molecular flexibility index (Phi) is 2.08. The predicted octanol–water partition coefficient (Wildman–Crippen LogP) is 2.44. The molecule has 0 aliphatic heterocycles. The molecule has 5 heteroatoms. The summed E-state index contributed by atoms with van der Waals surface area (Å²) in [4.78, 5) is 8.04. The highest BCUT2D eigenvalue weighted by molar-refractivity contribution is 6.33. The van der Waals surface area contributed by atoms with E-state index in [-0.39, 0.29) is 0 Å². The quantitative estimate of drug-likeness (QED) is 0.645. The van der Waals surface area contributed by atoms with Crippen LogP contribution in [0.15, 0.2) is 43.1 Å². The first-order chi connectivity index (χ1) is 7.86. The van der Waals surface area contributed by atoms with Crippen LogP contribution in [0, 0.1) is 0 Å². The average molecular weight is 231 g/mol. The molecule has 16 heavy (non-hydrogen) atoms. The van der Waals surface area contributed by atoms with Gasteiger partial charge in [-0.05, 0) is 12.1 Å². The molecule has 4 nitrogen and oxygen atoms in total. The Hall–Kier alpha value is -1.94. The monoisotopic (exact) mass is 230 g/mol. The molecule has 0 amide bonds. The topological polar surface area (TPSA) is 43.1 Å². The Morgan fingerprint density at radius 1 is 1.19 bits per heavy atom. The highest BCUT2D eigenvalue weighted by Crippen LogP contribution is 2.27. The van der Waals surface area contributed by atoms with Crippen molar-refractivity contribution in [2.24, 2.45) is 0 Å². The fourth-order valence-electron chi connectivity index (χ4n) is 1.63. The molecule has 0 saturated heterocycles. The minimum Gasteiger partial charge on any atom is -0.243 e. The van der Waals surface area contributed by atoms with Crippen molar-refractivity contribution in [3.8, 4) is 11.3 Å². The van der Waals surface area contributed by atoms with E-state index in [4.69, 9.17) is 11.6 Å². The van der Waals surface area contributed by atoms with Crippen LogP contribution >= 0.6 is 11.6 Å². The number of fused-ring (bicyclic) bond motifs is 1. The van der Waals surface area contributed by atoms with Crippen molar-refractivity contribution in [1.82, 2.24) is 19.6 Å². The summed E-state index contributed by atoms with van der Waals surface area (Å²) in [5.41, 5.74) is 2.59. The fraction of sp³-hybridized carbons (Fsp3) is 0. The lowest BCUT2D eigenvalue weighted by atomic mass is 10.2. The van der Waals surface area contributed by atoms with Gasteiger partial charge in [0.15, 0.2) is 0 Å². The third-order valence-corrected chi connectivity index (χ3v) is 2.63. The Morgan fingerprint density at radius 2 is 2.12 bits per heavy atom. The molecule has 3 heterocycles. The summed E-state index contributed by atoms with van der Waals surface area (Å²) in [6.45, 7) is 0. The van der Waals surface area contributed by atoms with Gasteiger partial charge in [0.2, 0.25) is 0 Å². The third kappa shape index (κ3) is 1.35. The van der Waals surface area contributed by atoms with Crippen molar-refractivity contribution in [2.45, 2.75) is 0 Å². The first kappa shape index (κ1) is 9.30. The summed E-state index contributed by atoms with van der Waals surface area (Å²) in [5.74, 6) is 0. The van der Waals surface area contributed by atoms with Crippen LogP contribution in [0.5, 0.6) is 0 Å². The third-order valence-electron chi connectivity index (χ3n) is 2.35. The highest BCUT2D eigenvalue weighted by atomic mass is 35.5. The van der Waals surface area contributed by atoms with Crippen molar-refractivity contribution in [2.75, 3.05) is 0 Å². The van der Waals surface area contributed by atoms with Crippen molar-refractivity contribution < 1.29 is 0 Å². The Labute approximate surface area is 96.5 Å². The molecular formula is C11H7ClN4. The molecule has 0 saturated carbocycles. The van der Waals surface area contributed by atoms with Gasteiger partial charge in [0, 0.05) is 18.0 Å². The van der Waals surface area contributed by atoms with E-state index in [9.17, 15) is 0 Å². The van der Waals surface area contributed by atoms with Crippen LogP contribution in [0.25, 0.3) is 16.8 Å². The van der Waals surface area contributed by atoms with Crippen molar-refractivity contribution in [3.63, 3.8) is 0 Å². The summed E-state index contributed by atoms with van der Waals surface area (Å²) >= 11 is 6.05. The van der Waals surface area contributed by atoms with Gasteiger partial charge in [0.05, 0.1) is 22.4 Å². The van der Waals surface area contributed by atoms with Gasteiger partial charge in [0.25, 0.3) is 0 Å². The van der Waals surface area contributed by atoms with Crippen molar-refractivity contribution in [1.29, 1.82) is 0 Å². The van der Waals surface area contributed by atoms with Gasteiger partial charge >= 0.3 is 0 Å². The summed E-state index contributed by atoms with van der Waals surface area (Å²) < 4.78 is 1.79. The van der Waals surface area contributed by atoms with E-state index in [1.807, 2.05) is 24.4 Å². The number of halogens is 1. The molecule has 3 aromatic rings. The van der Waals surface area contributed by atoms with Crippen molar-refractivity contribution >= 4 is 17.1 Å². The van der Waals surface area contributed by atoms with E-state index >= 15 is 0 Å². The van der Waals surface area contributed by atoms with E-state index in [0.717, 1.165) is 11.1 Å². The molecule has 0 aliphatic carbocycles. The Bertz CT molecular complexity index is 647. The number of rotatable bonds is 1. The van der Waals surface area contributed by atoms with Gasteiger partial charge in [-0.2, -0.15) is 5.10 Å². The molecule has 3 rings (SSSR count). The van der Waals surface area contributed by atoms with E-state index in [1.165, 1.54) is 6.33 Å². The van der Waals surface area contributed by atoms with Crippen molar-refractivity contribution in [3.05, 3.63) is 48.1 Å². The number of hydrogen-bond acceptors (Lipinski definition) is 3. The number of hydrogen-bond donors (Lipinski definition) is 0. The summed E-state index contributed by atoms with van der Waals surface area (Å²) in [7, 11) is 0. The molecule has 0 unspecified atom stereocenters. The van der Waals surface area contributed by atoms with Crippen LogP contribution in [0.2, 0.25) is 5.02 Å². The normalized spacial score (nSPS) is 10.8.